The van der Waals surface area contributed by atoms with Crippen LogP contribution in [0.15, 0.2) is 48.5 Å². The molecule has 2 aromatic carbocycles. The van der Waals surface area contributed by atoms with Crippen LogP contribution in [0.3, 0.4) is 0 Å². The molecule has 0 saturated heterocycles. The molecule has 112 valence electrons. The molecule has 0 saturated carbocycles. The van der Waals surface area contributed by atoms with Gasteiger partial charge in [0.2, 0.25) is 0 Å². The summed E-state index contributed by atoms with van der Waals surface area (Å²) in [7, 11) is 0. The number of rotatable bonds is 4. The maximum atomic E-state index is 5.52. The molecule has 1 aromatic heterocycles. The zero-order valence-corrected chi connectivity index (χ0v) is 15.2. The summed E-state index contributed by atoms with van der Waals surface area (Å²) in [6.45, 7) is 4.64. The molecule has 1 heterocycles. The van der Waals surface area contributed by atoms with Crippen LogP contribution < -0.4 is 4.74 Å². The zero-order chi connectivity index (χ0) is 15.5. The van der Waals surface area contributed by atoms with Crippen molar-refractivity contribution in [3.63, 3.8) is 0 Å². The van der Waals surface area contributed by atoms with Crippen LogP contribution in [0, 0.1) is 6.92 Å². The summed E-state index contributed by atoms with van der Waals surface area (Å²) >= 11 is 1.65. The standard InChI is InChI=1S/C18H19AsN2O/c1-3-22-14-10-8-13(9-11-14)17(19)18-15-6-4-5-7-16(15)20-12(2)21-18/h4-11,17H,3,19H2,1-2H3. The van der Waals surface area contributed by atoms with E-state index in [9.17, 15) is 0 Å². The van der Waals surface area contributed by atoms with Gasteiger partial charge in [0.15, 0.2) is 0 Å². The summed E-state index contributed by atoms with van der Waals surface area (Å²) in [5.74, 6) is 1.73. The van der Waals surface area contributed by atoms with Gasteiger partial charge in [0.25, 0.3) is 0 Å². The van der Waals surface area contributed by atoms with Crippen molar-refractivity contribution in [1.82, 2.24) is 9.97 Å². The number of aryl methyl sites for hydroxylation is 1. The number of hydrogen-bond acceptors (Lipinski definition) is 3. The molecule has 0 spiro atoms. The molecular weight excluding hydrogens is 335 g/mol. The van der Waals surface area contributed by atoms with Crippen LogP contribution in [0.2, 0.25) is 0 Å². The Balaban J connectivity index is 2.02. The molecule has 22 heavy (non-hydrogen) atoms. The molecular formula is C18H19AsN2O. The van der Waals surface area contributed by atoms with E-state index in [0.717, 1.165) is 28.2 Å². The molecule has 0 aliphatic heterocycles. The third kappa shape index (κ3) is 3.00. The number of fused-ring (bicyclic) bond motifs is 1. The first-order valence-corrected chi connectivity index (χ1v) is 8.80. The predicted molar refractivity (Wildman–Crippen MR) is 92.3 cm³/mol. The molecule has 3 aromatic rings. The van der Waals surface area contributed by atoms with Gasteiger partial charge in [-0.15, -0.1) is 0 Å². The van der Waals surface area contributed by atoms with Crippen molar-refractivity contribution in [3.05, 3.63) is 65.6 Å². The Kier molecular flexibility index (Phi) is 4.44. The topological polar surface area (TPSA) is 35.0 Å². The summed E-state index contributed by atoms with van der Waals surface area (Å²) in [4.78, 5) is 9.24. The number of hydrogen-bond donors (Lipinski definition) is 0. The van der Waals surface area contributed by atoms with Crippen molar-refractivity contribution in [1.29, 1.82) is 0 Å². The van der Waals surface area contributed by atoms with Crippen LogP contribution in [-0.2, 0) is 0 Å². The molecule has 0 amide bonds. The van der Waals surface area contributed by atoms with Crippen LogP contribution in [0.1, 0.15) is 28.7 Å². The molecule has 0 fully saturated rings. The summed E-state index contributed by atoms with van der Waals surface area (Å²) in [5, 5.41) is 1.14. The molecule has 0 N–H and O–H groups in total. The Labute approximate surface area is 139 Å². The second-order valence-electron chi connectivity index (χ2n) is 5.15. The van der Waals surface area contributed by atoms with E-state index in [1.807, 2.05) is 44.2 Å². The number of para-hydroxylation sites is 1. The minimum atomic E-state index is 0.273. The van der Waals surface area contributed by atoms with E-state index in [1.165, 1.54) is 5.56 Å². The molecule has 2 atom stereocenters. The summed E-state index contributed by atoms with van der Waals surface area (Å²) in [5.41, 5.74) is 3.37. The monoisotopic (exact) mass is 354 g/mol. The van der Waals surface area contributed by atoms with Gasteiger partial charge in [-0.2, -0.15) is 0 Å². The first-order valence-electron chi connectivity index (χ1n) is 7.40. The summed E-state index contributed by atoms with van der Waals surface area (Å²) in [6, 6.07) is 16.5. The van der Waals surface area contributed by atoms with E-state index in [4.69, 9.17) is 9.72 Å². The van der Waals surface area contributed by atoms with Crippen LogP contribution >= 0.6 is 0 Å². The predicted octanol–water partition coefficient (Wildman–Crippen LogP) is 3.06. The SMILES string of the molecule is CCOc1ccc(C([AsH2])c2nc(C)nc3ccccc23)cc1. The second-order valence-corrected chi connectivity index (χ2v) is 6.55. The van der Waals surface area contributed by atoms with E-state index >= 15 is 0 Å². The van der Waals surface area contributed by atoms with Crippen LogP contribution in [-0.4, -0.2) is 33.4 Å². The zero-order valence-electron chi connectivity index (χ0n) is 12.8. The third-order valence-corrected chi connectivity index (χ3v) is 5.06. The molecule has 4 heteroatoms. The Bertz CT molecular complexity index is 787. The van der Waals surface area contributed by atoms with Crippen molar-refractivity contribution >= 4 is 27.8 Å². The van der Waals surface area contributed by atoms with Gasteiger partial charge in [-0.05, 0) is 0 Å². The van der Waals surface area contributed by atoms with E-state index in [-0.39, 0.29) is 4.71 Å². The summed E-state index contributed by atoms with van der Waals surface area (Å²) in [6.07, 6.45) is 0. The van der Waals surface area contributed by atoms with Crippen LogP contribution in [0.25, 0.3) is 10.9 Å². The van der Waals surface area contributed by atoms with Gasteiger partial charge in [-0.3, -0.25) is 0 Å². The van der Waals surface area contributed by atoms with Gasteiger partial charge in [0, 0.05) is 0 Å². The van der Waals surface area contributed by atoms with Gasteiger partial charge < -0.3 is 0 Å². The molecule has 2 unspecified atom stereocenters. The Morgan fingerprint density at radius 3 is 2.50 bits per heavy atom. The van der Waals surface area contributed by atoms with Gasteiger partial charge in [-0.1, -0.05) is 0 Å². The fourth-order valence-electron chi connectivity index (χ4n) is 2.55. The van der Waals surface area contributed by atoms with E-state index < -0.39 is 0 Å². The minimum absolute atomic E-state index is 0.273. The average Bonchev–Trinajstić information content (AvgIpc) is 2.54. The fraction of sp³-hybridized carbons (Fsp3) is 0.222. The van der Waals surface area contributed by atoms with Gasteiger partial charge in [0.05, 0.1) is 0 Å². The van der Waals surface area contributed by atoms with Crippen molar-refractivity contribution in [3.8, 4) is 5.75 Å². The van der Waals surface area contributed by atoms with Crippen LogP contribution in [0.4, 0.5) is 0 Å². The number of ether oxygens (including phenoxy) is 1. The number of nitrogens with zero attached hydrogens (tertiary/aromatic N) is 2. The van der Waals surface area contributed by atoms with Gasteiger partial charge in [0.1, 0.15) is 0 Å². The first kappa shape index (κ1) is 15.1. The Morgan fingerprint density at radius 1 is 1.05 bits per heavy atom. The van der Waals surface area contributed by atoms with Crippen molar-refractivity contribution in [2.45, 2.75) is 18.6 Å². The second kappa shape index (κ2) is 6.49. The molecule has 0 radical (unpaired) electrons. The fourth-order valence-corrected chi connectivity index (χ4v) is 3.55. The van der Waals surface area contributed by atoms with Crippen molar-refractivity contribution in [2.24, 2.45) is 0 Å². The normalized spacial score (nSPS) is 12.3. The molecule has 0 bridgehead atoms. The Hall–Kier alpha value is -1.86. The Morgan fingerprint density at radius 2 is 1.77 bits per heavy atom. The third-order valence-electron chi connectivity index (χ3n) is 3.59. The van der Waals surface area contributed by atoms with E-state index in [1.54, 1.807) is 16.9 Å². The van der Waals surface area contributed by atoms with Crippen molar-refractivity contribution < 1.29 is 4.74 Å². The molecule has 3 nitrogen and oxygen atoms in total. The number of aromatic nitrogens is 2. The van der Waals surface area contributed by atoms with E-state index in [0.29, 0.717) is 6.61 Å². The van der Waals surface area contributed by atoms with Crippen LogP contribution in [0.5, 0.6) is 5.75 Å². The average molecular weight is 354 g/mol. The van der Waals surface area contributed by atoms with Gasteiger partial charge in [-0.25, -0.2) is 0 Å². The maximum absolute atomic E-state index is 5.52. The van der Waals surface area contributed by atoms with Gasteiger partial charge >= 0.3 is 139 Å². The molecule has 0 aliphatic carbocycles. The van der Waals surface area contributed by atoms with Crippen molar-refractivity contribution in [2.75, 3.05) is 6.61 Å². The van der Waals surface area contributed by atoms with E-state index in [2.05, 4.69) is 23.2 Å². The summed E-state index contributed by atoms with van der Waals surface area (Å²) < 4.78 is 5.79. The number of benzene rings is 2. The quantitative estimate of drug-likeness (QED) is 0.676. The molecule has 3 rings (SSSR count). The molecule has 0 aliphatic rings. The first-order chi connectivity index (χ1) is 10.7.